The maximum absolute atomic E-state index is 12.1. The summed E-state index contributed by atoms with van der Waals surface area (Å²) < 4.78 is 4.90. The second-order valence-electron chi connectivity index (χ2n) is 4.41. The molecule has 0 aliphatic heterocycles. The van der Waals surface area contributed by atoms with E-state index in [0.29, 0.717) is 16.9 Å². The highest BCUT2D eigenvalue weighted by Crippen LogP contribution is 2.13. The average molecular weight is 286 g/mol. The summed E-state index contributed by atoms with van der Waals surface area (Å²) in [5, 5.41) is 14.9. The molecule has 0 fully saturated rings. The highest BCUT2D eigenvalue weighted by molar-refractivity contribution is 5.96. The van der Waals surface area contributed by atoms with Gasteiger partial charge in [-0.05, 0) is 30.2 Å². The Balaban J connectivity index is 2.12. The van der Waals surface area contributed by atoms with Gasteiger partial charge in [0.1, 0.15) is 0 Å². The highest BCUT2D eigenvalue weighted by atomic mass is 16.5. The van der Waals surface area contributed by atoms with Gasteiger partial charge in [0.15, 0.2) is 5.76 Å². The van der Waals surface area contributed by atoms with Gasteiger partial charge in [-0.3, -0.25) is 4.79 Å². The lowest BCUT2D eigenvalue weighted by Gasteiger charge is -2.07. The number of carboxylic acids is 1. The van der Waals surface area contributed by atoms with Crippen molar-refractivity contribution in [2.45, 2.75) is 13.5 Å². The molecule has 0 spiro atoms. The van der Waals surface area contributed by atoms with Crippen LogP contribution in [0, 0.1) is 6.92 Å². The molecule has 6 heteroatoms. The third-order valence-electron chi connectivity index (χ3n) is 2.84. The van der Waals surface area contributed by atoms with Crippen molar-refractivity contribution in [2.75, 3.05) is 0 Å². The standard InChI is InChI=1S/C15H14N2O4/c1-10-2-3-11(4-5-14(18)19)8-13(10)15(20)16-9-12-6-7-17-21-12/h2-8H,9H2,1H3,(H,16,20)(H,18,19)/b5-4+. The van der Waals surface area contributed by atoms with Crippen molar-refractivity contribution in [2.24, 2.45) is 0 Å². The third kappa shape index (κ3) is 4.04. The van der Waals surface area contributed by atoms with Gasteiger partial charge in [0.05, 0.1) is 12.7 Å². The zero-order chi connectivity index (χ0) is 15.2. The molecule has 0 unspecified atom stereocenters. The molecule has 1 amide bonds. The van der Waals surface area contributed by atoms with Crippen molar-refractivity contribution >= 4 is 18.0 Å². The molecule has 1 aromatic carbocycles. The van der Waals surface area contributed by atoms with Crippen molar-refractivity contribution in [3.63, 3.8) is 0 Å². The first-order valence-corrected chi connectivity index (χ1v) is 6.25. The van der Waals surface area contributed by atoms with Gasteiger partial charge in [-0.15, -0.1) is 0 Å². The number of rotatable bonds is 5. The molecule has 0 saturated carbocycles. The Bertz CT molecular complexity index is 675. The molecule has 2 aromatic rings. The number of aliphatic carboxylic acids is 1. The van der Waals surface area contributed by atoms with Gasteiger partial charge in [0.2, 0.25) is 0 Å². The third-order valence-corrected chi connectivity index (χ3v) is 2.84. The zero-order valence-corrected chi connectivity index (χ0v) is 11.4. The number of aromatic nitrogens is 1. The number of amides is 1. The van der Waals surface area contributed by atoms with E-state index in [-0.39, 0.29) is 12.5 Å². The van der Waals surface area contributed by atoms with Crippen LogP contribution in [0.1, 0.15) is 27.2 Å². The summed E-state index contributed by atoms with van der Waals surface area (Å²) in [5.74, 6) is -0.732. The molecular formula is C15H14N2O4. The van der Waals surface area contributed by atoms with Crippen LogP contribution in [0.2, 0.25) is 0 Å². The molecule has 0 radical (unpaired) electrons. The topological polar surface area (TPSA) is 92.4 Å². The Morgan fingerprint density at radius 1 is 1.38 bits per heavy atom. The molecule has 2 rings (SSSR count). The molecule has 6 nitrogen and oxygen atoms in total. The van der Waals surface area contributed by atoms with E-state index < -0.39 is 5.97 Å². The Morgan fingerprint density at radius 2 is 2.19 bits per heavy atom. The highest BCUT2D eigenvalue weighted by Gasteiger charge is 2.10. The fraction of sp³-hybridized carbons (Fsp3) is 0.133. The number of hydrogen-bond acceptors (Lipinski definition) is 4. The van der Waals surface area contributed by atoms with Crippen molar-refractivity contribution < 1.29 is 19.2 Å². The SMILES string of the molecule is Cc1ccc(/C=C/C(=O)O)cc1C(=O)NCc1ccno1. The largest absolute Gasteiger partial charge is 0.478 e. The van der Waals surface area contributed by atoms with E-state index >= 15 is 0 Å². The smallest absolute Gasteiger partial charge is 0.328 e. The first kappa shape index (κ1) is 14.5. The molecule has 0 aliphatic carbocycles. The van der Waals surface area contributed by atoms with Crippen LogP contribution in [0.25, 0.3) is 6.08 Å². The van der Waals surface area contributed by atoms with E-state index in [4.69, 9.17) is 9.63 Å². The van der Waals surface area contributed by atoms with E-state index in [1.165, 1.54) is 12.3 Å². The second-order valence-corrected chi connectivity index (χ2v) is 4.41. The van der Waals surface area contributed by atoms with Crippen LogP contribution in [0.3, 0.4) is 0 Å². The number of nitrogens with one attached hydrogen (secondary N) is 1. The quantitative estimate of drug-likeness (QED) is 0.820. The lowest BCUT2D eigenvalue weighted by molar-refractivity contribution is -0.131. The summed E-state index contributed by atoms with van der Waals surface area (Å²) in [7, 11) is 0. The van der Waals surface area contributed by atoms with Crippen molar-refractivity contribution in [3.8, 4) is 0 Å². The summed E-state index contributed by atoms with van der Waals surface area (Å²) in [6, 6.07) is 6.83. The van der Waals surface area contributed by atoms with Gasteiger partial charge in [-0.2, -0.15) is 0 Å². The normalized spacial score (nSPS) is 10.7. The zero-order valence-electron chi connectivity index (χ0n) is 11.4. The van der Waals surface area contributed by atoms with Crippen LogP contribution in [0.5, 0.6) is 0 Å². The fourth-order valence-electron chi connectivity index (χ4n) is 1.75. The average Bonchev–Trinajstić information content (AvgIpc) is 2.97. The minimum absolute atomic E-state index is 0.244. The number of carboxylic acid groups (broad SMARTS) is 1. The minimum atomic E-state index is -1.04. The predicted octanol–water partition coefficient (Wildman–Crippen LogP) is 2.01. The molecule has 0 aliphatic rings. The summed E-state index contributed by atoms with van der Waals surface area (Å²) in [6.45, 7) is 2.06. The lowest BCUT2D eigenvalue weighted by atomic mass is 10.0. The molecule has 1 aromatic heterocycles. The molecule has 108 valence electrons. The van der Waals surface area contributed by atoms with Crippen LogP contribution >= 0.6 is 0 Å². The Labute approximate surface area is 121 Å². The van der Waals surface area contributed by atoms with Gasteiger partial charge < -0.3 is 14.9 Å². The fourth-order valence-corrected chi connectivity index (χ4v) is 1.75. The Hall–Kier alpha value is -2.89. The summed E-state index contributed by atoms with van der Waals surface area (Å²) in [5.41, 5.74) is 1.94. The Morgan fingerprint density at radius 3 is 2.86 bits per heavy atom. The van der Waals surface area contributed by atoms with E-state index in [0.717, 1.165) is 11.6 Å². The lowest BCUT2D eigenvalue weighted by Crippen LogP contribution is -2.23. The van der Waals surface area contributed by atoms with Crippen LogP contribution in [-0.2, 0) is 11.3 Å². The van der Waals surface area contributed by atoms with Gasteiger partial charge in [-0.25, -0.2) is 4.79 Å². The first-order valence-electron chi connectivity index (χ1n) is 6.25. The monoisotopic (exact) mass is 286 g/mol. The number of nitrogens with zero attached hydrogens (tertiary/aromatic N) is 1. The summed E-state index contributed by atoms with van der Waals surface area (Å²) in [6.07, 6.45) is 3.97. The van der Waals surface area contributed by atoms with E-state index in [9.17, 15) is 9.59 Å². The number of benzene rings is 1. The molecule has 0 saturated heterocycles. The van der Waals surface area contributed by atoms with Crippen LogP contribution in [-0.4, -0.2) is 22.1 Å². The summed E-state index contributed by atoms with van der Waals surface area (Å²) >= 11 is 0. The second kappa shape index (κ2) is 6.51. The molecule has 1 heterocycles. The van der Waals surface area contributed by atoms with E-state index in [1.807, 2.05) is 6.92 Å². The molecule has 0 atom stereocenters. The van der Waals surface area contributed by atoms with Gasteiger partial charge in [-0.1, -0.05) is 17.3 Å². The van der Waals surface area contributed by atoms with Gasteiger partial charge in [0.25, 0.3) is 5.91 Å². The number of hydrogen-bond donors (Lipinski definition) is 2. The van der Waals surface area contributed by atoms with Gasteiger partial charge >= 0.3 is 5.97 Å². The van der Waals surface area contributed by atoms with Crippen molar-refractivity contribution in [3.05, 3.63) is 59.0 Å². The van der Waals surface area contributed by atoms with Crippen molar-refractivity contribution in [1.29, 1.82) is 0 Å². The number of aryl methyl sites for hydroxylation is 1. The molecular weight excluding hydrogens is 272 g/mol. The van der Waals surface area contributed by atoms with E-state index in [1.54, 1.807) is 24.3 Å². The van der Waals surface area contributed by atoms with Gasteiger partial charge in [0, 0.05) is 17.7 Å². The molecule has 2 N–H and O–H groups in total. The Kier molecular flexibility index (Phi) is 4.50. The van der Waals surface area contributed by atoms with Crippen molar-refractivity contribution in [1.82, 2.24) is 10.5 Å². The maximum Gasteiger partial charge on any atom is 0.328 e. The predicted molar refractivity (Wildman–Crippen MR) is 75.5 cm³/mol. The molecule has 21 heavy (non-hydrogen) atoms. The minimum Gasteiger partial charge on any atom is -0.478 e. The maximum atomic E-state index is 12.1. The summed E-state index contributed by atoms with van der Waals surface area (Å²) in [4.78, 5) is 22.6. The van der Waals surface area contributed by atoms with Crippen LogP contribution < -0.4 is 5.32 Å². The van der Waals surface area contributed by atoms with E-state index in [2.05, 4.69) is 10.5 Å². The van der Waals surface area contributed by atoms with Crippen LogP contribution in [0.15, 0.2) is 41.1 Å². The van der Waals surface area contributed by atoms with Crippen LogP contribution in [0.4, 0.5) is 0 Å². The number of carbonyl (C=O) groups is 2. The molecule has 0 bridgehead atoms. The number of carbonyl (C=O) groups excluding carboxylic acids is 1. The first-order chi connectivity index (χ1) is 10.1.